The molecule has 1 amide bonds. The molecule has 2 aliphatic heterocycles. The fraction of sp³-hybridized carbons (Fsp3) is 0.600. The molecule has 6 heteroatoms. The lowest BCUT2D eigenvalue weighted by Crippen LogP contribution is -2.45. The lowest BCUT2D eigenvalue weighted by atomic mass is 9.74. The van der Waals surface area contributed by atoms with E-state index < -0.39 is 11.4 Å². The zero-order valence-corrected chi connectivity index (χ0v) is 15.4. The van der Waals surface area contributed by atoms with Gasteiger partial charge in [0.25, 0.3) is 5.91 Å². The lowest BCUT2D eigenvalue weighted by molar-refractivity contribution is -0.157. The van der Waals surface area contributed by atoms with Crippen molar-refractivity contribution in [3.63, 3.8) is 0 Å². The Labute approximate surface area is 154 Å². The number of carbonyl (C=O) groups is 2. The number of amides is 1. The van der Waals surface area contributed by atoms with E-state index in [9.17, 15) is 14.7 Å². The second-order valence-corrected chi connectivity index (χ2v) is 7.72. The van der Waals surface area contributed by atoms with Gasteiger partial charge in [-0.2, -0.15) is 0 Å². The summed E-state index contributed by atoms with van der Waals surface area (Å²) >= 11 is 0. The summed E-state index contributed by atoms with van der Waals surface area (Å²) in [5, 5.41) is 9.72. The molecule has 0 aliphatic carbocycles. The minimum absolute atomic E-state index is 0.131. The average molecular weight is 361 g/mol. The predicted molar refractivity (Wildman–Crippen MR) is 96.3 cm³/mol. The van der Waals surface area contributed by atoms with Gasteiger partial charge in [0.2, 0.25) is 0 Å². The van der Waals surface area contributed by atoms with Gasteiger partial charge in [-0.05, 0) is 43.0 Å². The number of likely N-dealkylation sites (tertiary alicyclic amines) is 1. The molecule has 0 saturated carbocycles. The molecule has 0 unspecified atom stereocenters. The summed E-state index contributed by atoms with van der Waals surface area (Å²) in [6, 6.07) is 7.09. The predicted octanol–water partition coefficient (Wildman–Crippen LogP) is 2.67. The topological polar surface area (TPSA) is 76.1 Å². The smallest absolute Gasteiger partial charge is 0.311 e. The molecule has 6 nitrogen and oxygen atoms in total. The van der Waals surface area contributed by atoms with E-state index in [1.807, 2.05) is 0 Å². The fourth-order valence-corrected chi connectivity index (χ4v) is 3.74. The number of benzene rings is 1. The van der Waals surface area contributed by atoms with Gasteiger partial charge in [0.15, 0.2) is 0 Å². The Morgan fingerprint density at radius 3 is 2.69 bits per heavy atom. The van der Waals surface area contributed by atoms with Crippen LogP contribution in [-0.2, 0) is 9.53 Å². The van der Waals surface area contributed by atoms with E-state index in [0.717, 1.165) is 12.2 Å². The molecule has 0 radical (unpaired) electrons. The molecule has 2 atom stereocenters. The van der Waals surface area contributed by atoms with Crippen LogP contribution in [0.3, 0.4) is 0 Å². The Kier molecular flexibility index (Phi) is 5.51. The van der Waals surface area contributed by atoms with Crippen LogP contribution in [0.1, 0.15) is 37.0 Å². The maximum atomic E-state index is 12.8. The van der Waals surface area contributed by atoms with Crippen molar-refractivity contribution in [1.29, 1.82) is 0 Å². The third-order valence-electron chi connectivity index (χ3n) is 5.49. The Morgan fingerprint density at radius 1 is 1.35 bits per heavy atom. The van der Waals surface area contributed by atoms with Crippen LogP contribution in [0.5, 0.6) is 5.75 Å². The molecule has 2 saturated heterocycles. The van der Waals surface area contributed by atoms with Crippen molar-refractivity contribution < 1.29 is 24.2 Å². The van der Waals surface area contributed by atoms with Crippen molar-refractivity contribution in [2.24, 2.45) is 17.3 Å². The number of nitrogens with zero attached hydrogens (tertiary/aromatic N) is 1. The Balaban J connectivity index is 1.65. The van der Waals surface area contributed by atoms with E-state index in [-0.39, 0.29) is 18.4 Å². The number of rotatable bonds is 6. The van der Waals surface area contributed by atoms with Crippen LogP contribution in [0.25, 0.3) is 0 Å². The lowest BCUT2D eigenvalue weighted by Gasteiger charge is -2.33. The van der Waals surface area contributed by atoms with Crippen molar-refractivity contribution >= 4 is 11.9 Å². The minimum Gasteiger partial charge on any atom is -0.494 e. The number of hydrogen-bond acceptors (Lipinski definition) is 4. The molecule has 2 aliphatic rings. The molecule has 2 heterocycles. The highest BCUT2D eigenvalue weighted by Crippen LogP contribution is 2.42. The fourth-order valence-electron chi connectivity index (χ4n) is 3.74. The second-order valence-electron chi connectivity index (χ2n) is 7.72. The number of ether oxygens (including phenoxy) is 2. The summed E-state index contributed by atoms with van der Waals surface area (Å²) in [5.41, 5.74) is -0.310. The van der Waals surface area contributed by atoms with Gasteiger partial charge in [-0.1, -0.05) is 13.8 Å². The van der Waals surface area contributed by atoms with Crippen LogP contribution in [0.15, 0.2) is 24.3 Å². The SMILES string of the molecule is CC(C)CCOc1ccc(C(=O)N2C[C@H]3COCC[C@@]3(C(=O)O)C2)cc1. The quantitative estimate of drug-likeness (QED) is 0.843. The maximum absolute atomic E-state index is 12.8. The number of hydrogen-bond donors (Lipinski definition) is 1. The minimum atomic E-state index is -0.867. The van der Waals surface area contributed by atoms with Crippen molar-refractivity contribution in [3.8, 4) is 5.75 Å². The van der Waals surface area contributed by atoms with Crippen molar-refractivity contribution in [3.05, 3.63) is 29.8 Å². The first-order valence-electron chi connectivity index (χ1n) is 9.25. The Morgan fingerprint density at radius 2 is 2.08 bits per heavy atom. The number of aliphatic carboxylic acids is 1. The number of carboxylic acids is 1. The van der Waals surface area contributed by atoms with E-state index in [1.54, 1.807) is 29.2 Å². The van der Waals surface area contributed by atoms with Gasteiger partial charge in [0, 0.05) is 31.2 Å². The third kappa shape index (κ3) is 3.70. The highest BCUT2D eigenvalue weighted by molar-refractivity contribution is 5.95. The highest BCUT2D eigenvalue weighted by atomic mass is 16.5. The van der Waals surface area contributed by atoms with Gasteiger partial charge in [0.1, 0.15) is 5.75 Å². The van der Waals surface area contributed by atoms with Gasteiger partial charge in [-0.15, -0.1) is 0 Å². The summed E-state index contributed by atoms with van der Waals surface area (Å²) in [6.45, 7) is 6.47. The average Bonchev–Trinajstić information content (AvgIpc) is 3.02. The molecule has 3 rings (SSSR count). The van der Waals surface area contributed by atoms with Crippen LogP contribution in [0.4, 0.5) is 0 Å². The molecule has 0 bridgehead atoms. The molecular weight excluding hydrogens is 334 g/mol. The summed E-state index contributed by atoms with van der Waals surface area (Å²) < 4.78 is 11.1. The second kappa shape index (κ2) is 7.66. The zero-order valence-electron chi connectivity index (χ0n) is 15.4. The van der Waals surface area contributed by atoms with E-state index in [0.29, 0.717) is 44.3 Å². The zero-order chi connectivity index (χ0) is 18.7. The van der Waals surface area contributed by atoms with Crippen LogP contribution in [0.2, 0.25) is 0 Å². The van der Waals surface area contributed by atoms with Gasteiger partial charge in [-0.3, -0.25) is 9.59 Å². The molecule has 0 aromatic heterocycles. The van der Waals surface area contributed by atoms with Crippen molar-refractivity contribution in [2.75, 3.05) is 32.9 Å². The van der Waals surface area contributed by atoms with E-state index in [4.69, 9.17) is 9.47 Å². The third-order valence-corrected chi connectivity index (χ3v) is 5.49. The molecule has 142 valence electrons. The number of fused-ring (bicyclic) bond motifs is 1. The normalized spacial score (nSPS) is 25.2. The van der Waals surface area contributed by atoms with Gasteiger partial charge < -0.3 is 19.5 Å². The largest absolute Gasteiger partial charge is 0.494 e. The molecule has 1 aromatic carbocycles. The molecule has 2 fully saturated rings. The maximum Gasteiger partial charge on any atom is 0.311 e. The molecule has 26 heavy (non-hydrogen) atoms. The standard InChI is InChI=1S/C20H27NO5/c1-14(2)7-9-26-17-5-3-15(4-6-17)18(22)21-11-16-12-25-10-8-20(16,13-21)19(23)24/h3-6,14,16H,7-13H2,1-2H3,(H,23,24)/t16-,20+/m0/s1. The molecule has 0 spiro atoms. The van der Waals surface area contributed by atoms with Crippen LogP contribution >= 0.6 is 0 Å². The summed E-state index contributed by atoms with van der Waals surface area (Å²) in [4.78, 5) is 26.3. The highest BCUT2D eigenvalue weighted by Gasteiger charge is 2.54. The van der Waals surface area contributed by atoms with Crippen LogP contribution in [0, 0.1) is 17.3 Å². The van der Waals surface area contributed by atoms with Gasteiger partial charge >= 0.3 is 5.97 Å². The van der Waals surface area contributed by atoms with Crippen molar-refractivity contribution in [1.82, 2.24) is 4.90 Å². The number of carbonyl (C=O) groups excluding carboxylic acids is 1. The molecule has 1 aromatic rings. The summed E-state index contributed by atoms with van der Waals surface area (Å²) in [7, 11) is 0. The first kappa shape index (κ1) is 18.7. The molecular formula is C20H27NO5. The van der Waals surface area contributed by atoms with E-state index in [2.05, 4.69) is 13.8 Å². The first-order chi connectivity index (χ1) is 12.4. The van der Waals surface area contributed by atoms with Crippen LogP contribution < -0.4 is 4.74 Å². The summed E-state index contributed by atoms with van der Waals surface area (Å²) in [5.74, 6) is 0.230. The Bertz CT molecular complexity index is 657. The first-order valence-corrected chi connectivity index (χ1v) is 9.25. The van der Waals surface area contributed by atoms with E-state index in [1.165, 1.54) is 0 Å². The van der Waals surface area contributed by atoms with Gasteiger partial charge in [-0.25, -0.2) is 0 Å². The molecule has 1 N–H and O–H groups in total. The van der Waals surface area contributed by atoms with Crippen molar-refractivity contribution in [2.45, 2.75) is 26.7 Å². The van der Waals surface area contributed by atoms with Crippen LogP contribution in [-0.4, -0.2) is 54.8 Å². The summed E-state index contributed by atoms with van der Waals surface area (Å²) in [6.07, 6.45) is 1.44. The Hall–Kier alpha value is -2.08. The monoisotopic (exact) mass is 361 g/mol. The van der Waals surface area contributed by atoms with E-state index >= 15 is 0 Å². The van der Waals surface area contributed by atoms with Gasteiger partial charge in [0.05, 0.1) is 18.6 Å². The number of carboxylic acid groups (broad SMARTS) is 1.